The maximum atomic E-state index is 12.6. The number of aromatic nitrogens is 1. The van der Waals surface area contributed by atoms with Crippen LogP contribution in [0.5, 0.6) is 0 Å². The van der Waals surface area contributed by atoms with Gasteiger partial charge in [-0.25, -0.2) is 22.3 Å². The van der Waals surface area contributed by atoms with E-state index in [1.54, 1.807) is 0 Å². The number of H-pyrrole nitrogens is 1. The third-order valence-corrected chi connectivity index (χ3v) is 2.39. The average Bonchev–Trinajstić information content (AvgIpc) is 1.99. The summed E-state index contributed by atoms with van der Waals surface area (Å²) < 4.78 is 58.7. The van der Waals surface area contributed by atoms with Gasteiger partial charge in [0.1, 0.15) is 5.56 Å². The van der Waals surface area contributed by atoms with E-state index in [-0.39, 0.29) is 6.07 Å². The second-order valence-corrected chi connectivity index (χ2v) is 4.07. The van der Waals surface area contributed by atoms with E-state index in [9.17, 15) is 26.4 Å². The lowest BCUT2D eigenvalue weighted by atomic mass is 10.3. The van der Waals surface area contributed by atoms with E-state index in [0.717, 1.165) is 0 Å². The van der Waals surface area contributed by atoms with Crippen molar-refractivity contribution < 1.29 is 21.6 Å². The van der Waals surface area contributed by atoms with Crippen molar-refractivity contribution in [2.45, 2.75) is 11.5 Å². The number of aromatic amines is 1. The fourth-order valence-corrected chi connectivity index (χ4v) is 1.68. The van der Waals surface area contributed by atoms with Gasteiger partial charge < -0.3 is 4.98 Å². The number of hydrogen-bond acceptors (Lipinski definition) is 3. The number of rotatable bonds is 2. The molecule has 0 aromatic carbocycles. The van der Waals surface area contributed by atoms with Gasteiger partial charge in [0.2, 0.25) is 0 Å². The minimum atomic E-state index is -4.60. The van der Waals surface area contributed by atoms with Crippen molar-refractivity contribution in [2.75, 3.05) is 0 Å². The van der Waals surface area contributed by atoms with Crippen LogP contribution in [0.1, 0.15) is 12.0 Å². The molecule has 0 bridgehead atoms. The first-order chi connectivity index (χ1) is 6.73. The van der Waals surface area contributed by atoms with E-state index in [4.69, 9.17) is 0 Å². The highest BCUT2D eigenvalue weighted by atomic mass is 32.2. The standard InChI is InChI=1S/C6H5F3N2O3S/c7-3-1-2(12)4(5(8)9)6(11-3)15(10,13)14/h1,5H,(H,11,12)(H2,10,13,14). The number of primary sulfonamides is 1. The van der Waals surface area contributed by atoms with Crippen LogP contribution < -0.4 is 10.6 Å². The van der Waals surface area contributed by atoms with Gasteiger partial charge in [-0.2, -0.15) is 4.39 Å². The van der Waals surface area contributed by atoms with Gasteiger partial charge >= 0.3 is 0 Å². The van der Waals surface area contributed by atoms with Crippen molar-refractivity contribution in [1.82, 2.24) is 4.98 Å². The maximum absolute atomic E-state index is 12.6. The van der Waals surface area contributed by atoms with Gasteiger partial charge in [0.15, 0.2) is 16.4 Å². The SMILES string of the molecule is NS(=O)(=O)c1[nH]c(F)cc(=O)c1C(F)F. The van der Waals surface area contributed by atoms with Gasteiger partial charge in [-0.1, -0.05) is 0 Å². The molecule has 0 radical (unpaired) electrons. The third-order valence-electron chi connectivity index (χ3n) is 1.50. The summed E-state index contributed by atoms with van der Waals surface area (Å²) >= 11 is 0. The van der Waals surface area contributed by atoms with Crippen molar-refractivity contribution >= 4 is 10.0 Å². The molecule has 84 valence electrons. The van der Waals surface area contributed by atoms with Crippen LogP contribution in [0, 0.1) is 5.95 Å². The van der Waals surface area contributed by atoms with Crippen LogP contribution in [0.4, 0.5) is 13.2 Å². The van der Waals surface area contributed by atoms with E-state index in [0.29, 0.717) is 0 Å². The molecule has 0 saturated carbocycles. The van der Waals surface area contributed by atoms with Gasteiger partial charge in [0.05, 0.1) is 0 Å². The Hall–Kier alpha value is -1.35. The first-order valence-electron chi connectivity index (χ1n) is 3.47. The molecule has 0 amide bonds. The number of nitrogens with one attached hydrogen (secondary N) is 1. The molecule has 3 N–H and O–H groups in total. The van der Waals surface area contributed by atoms with Crippen molar-refractivity contribution in [3.63, 3.8) is 0 Å². The summed E-state index contributed by atoms with van der Waals surface area (Å²) in [6.07, 6.45) is -3.36. The monoisotopic (exact) mass is 242 g/mol. The van der Waals surface area contributed by atoms with Crippen LogP contribution in [0.15, 0.2) is 15.9 Å². The molecule has 15 heavy (non-hydrogen) atoms. The first-order valence-corrected chi connectivity index (χ1v) is 5.02. The molecule has 0 unspecified atom stereocenters. The molecule has 0 fully saturated rings. The van der Waals surface area contributed by atoms with Crippen molar-refractivity contribution in [2.24, 2.45) is 5.14 Å². The summed E-state index contributed by atoms with van der Waals surface area (Å²) in [5, 5.41) is 3.23. The zero-order valence-electron chi connectivity index (χ0n) is 7.00. The Bertz CT molecular complexity index is 537. The number of sulfonamides is 1. The van der Waals surface area contributed by atoms with Gasteiger partial charge in [-0.3, -0.25) is 4.79 Å². The highest BCUT2D eigenvalue weighted by Crippen LogP contribution is 2.20. The third kappa shape index (κ3) is 2.36. The highest BCUT2D eigenvalue weighted by Gasteiger charge is 2.25. The molecule has 0 aliphatic rings. The normalized spacial score (nSPS) is 12.1. The Morgan fingerprint density at radius 2 is 1.93 bits per heavy atom. The molecule has 0 saturated heterocycles. The summed E-state index contributed by atoms with van der Waals surface area (Å²) in [5.41, 5.74) is -2.79. The molecule has 1 heterocycles. The zero-order valence-corrected chi connectivity index (χ0v) is 7.82. The Morgan fingerprint density at radius 1 is 1.40 bits per heavy atom. The largest absolute Gasteiger partial charge is 0.321 e. The summed E-state index contributed by atoms with van der Waals surface area (Å²) in [6, 6.07) is 0.218. The minimum Gasteiger partial charge on any atom is -0.321 e. The molecule has 5 nitrogen and oxygen atoms in total. The predicted molar refractivity (Wildman–Crippen MR) is 43.4 cm³/mol. The van der Waals surface area contributed by atoms with Crippen LogP contribution in [0.25, 0.3) is 0 Å². The van der Waals surface area contributed by atoms with Crippen molar-refractivity contribution in [1.29, 1.82) is 0 Å². The van der Waals surface area contributed by atoms with Gasteiger partial charge in [-0.05, 0) is 0 Å². The molecular weight excluding hydrogens is 237 g/mol. The first kappa shape index (κ1) is 11.7. The lowest BCUT2D eigenvalue weighted by molar-refractivity contribution is 0.145. The summed E-state index contributed by atoms with van der Waals surface area (Å²) in [4.78, 5) is 12.4. The molecule has 1 aromatic heterocycles. The summed E-state index contributed by atoms with van der Waals surface area (Å²) in [7, 11) is -4.60. The molecule has 0 aliphatic heterocycles. The Balaban J connectivity index is 3.70. The quantitative estimate of drug-likeness (QED) is 0.720. The lowest BCUT2D eigenvalue weighted by Crippen LogP contribution is -2.23. The fraction of sp³-hybridized carbons (Fsp3) is 0.167. The molecule has 0 aliphatic carbocycles. The van der Waals surface area contributed by atoms with E-state index in [1.807, 2.05) is 0 Å². The Morgan fingerprint density at radius 3 is 2.33 bits per heavy atom. The summed E-state index contributed by atoms with van der Waals surface area (Å²) in [6.45, 7) is 0. The molecule has 0 spiro atoms. The van der Waals surface area contributed by atoms with Crippen LogP contribution in [-0.4, -0.2) is 13.4 Å². The Kier molecular flexibility index (Phi) is 2.86. The molecular formula is C6H5F3N2O3S. The van der Waals surface area contributed by atoms with Crippen LogP contribution >= 0.6 is 0 Å². The lowest BCUT2D eigenvalue weighted by Gasteiger charge is -2.05. The topological polar surface area (TPSA) is 93.0 Å². The van der Waals surface area contributed by atoms with Gasteiger partial charge in [-0.15, -0.1) is 0 Å². The molecule has 9 heteroatoms. The van der Waals surface area contributed by atoms with E-state index >= 15 is 0 Å². The van der Waals surface area contributed by atoms with E-state index < -0.39 is 38.4 Å². The number of alkyl halides is 2. The summed E-state index contributed by atoms with van der Waals surface area (Å²) in [5.74, 6) is -1.35. The highest BCUT2D eigenvalue weighted by molar-refractivity contribution is 7.89. The second-order valence-electron chi connectivity index (χ2n) is 2.57. The van der Waals surface area contributed by atoms with Crippen molar-refractivity contribution in [3.8, 4) is 0 Å². The van der Waals surface area contributed by atoms with E-state index in [1.165, 1.54) is 4.98 Å². The van der Waals surface area contributed by atoms with Crippen LogP contribution in [0.3, 0.4) is 0 Å². The Labute approximate surface area is 81.8 Å². The maximum Gasteiger partial charge on any atom is 0.270 e. The smallest absolute Gasteiger partial charge is 0.270 e. The molecule has 0 atom stereocenters. The number of pyridine rings is 1. The predicted octanol–water partition coefficient (Wildman–Crippen LogP) is 0.0990. The van der Waals surface area contributed by atoms with Gasteiger partial charge in [0.25, 0.3) is 16.4 Å². The molecule has 1 aromatic rings. The minimum absolute atomic E-state index is 0.218. The number of nitrogens with two attached hydrogens (primary N) is 1. The molecule has 1 rings (SSSR count). The fourth-order valence-electron chi connectivity index (χ4n) is 0.948. The average molecular weight is 242 g/mol. The van der Waals surface area contributed by atoms with Crippen LogP contribution in [0.2, 0.25) is 0 Å². The van der Waals surface area contributed by atoms with Crippen molar-refractivity contribution in [3.05, 3.63) is 27.8 Å². The van der Waals surface area contributed by atoms with Crippen LogP contribution in [-0.2, 0) is 10.0 Å². The number of halogens is 3. The van der Waals surface area contributed by atoms with E-state index in [2.05, 4.69) is 5.14 Å². The van der Waals surface area contributed by atoms with Gasteiger partial charge in [0, 0.05) is 6.07 Å². The second kappa shape index (κ2) is 3.66. The zero-order chi connectivity index (χ0) is 11.8. The number of hydrogen-bond donors (Lipinski definition) is 2.